The summed E-state index contributed by atoms with van der Waals surface area (Å²) in [5.74, 6) is 1.29. The standard InChI is InChI=1S/C26H29N3O7/c1-4-11-29-24(31)26(23(30)28-25(29)32,14-18-6-8-20-22(13-18)36-16-35-20)15-27-10-9-17-5-7-19(33-2)21(12-17)34-3/h4-8,12-13,27H,1,9-11,14-16H2,2-3H3,(H,28,30,32)/p+1/t26-/m0/s1. The van der Waals surface area contributed by atoms with Crippen molar-refractivity contribution in [2.45, 2.75) is 12.8 Å². The molecular weight excluding hydrogens is 466 g/mol. The molecule has 0 saturated carbocycles. The van der Waals surface area contributed by atoms with Gasteiger partial charge in [0, 0.05) is 19.4 Å². The van der Waals surface area contributed by atoms with Crippen LogP contribution in [0.2, 0.25) is 0 Å². The number of hydrogen-bond acceptors (Lipinski definition) is 7. The van der Waals surface area contributed by atoms with Crippen molar-refractivity contribution in [1.29, 1.82) is 0 Å². The maximum Gasteiger partial charge on any atom is 0.331 e. The summed E-state index contributed by atoms with van der Waals surface area (Å²) >= 11 is 0. The highest BCUT2D eigenvalue weighted by Gasteiger charge is 2.55. The van der Waals surface area contributed by atoms with Crippen molar-refractivity contribution in [3.63, 3.8) is 0 Å². The van der Waals surface area contributed by atoms with Gasteiger partial charge in [-0.25, -0.2) is 4.79 Å². The molecule has 1 saturated heterocycles. The lowest BCUT2D eigenvalue weighted by molar-refractivity contribution is -0.661. The van der Waals surface area contributed by atoms with Gasteiger partial charge in [0.2, 0.25) is 12.7 Å². The first-order chi connectivity index (χ1) is 17.4. The van der Waals surface area contributed by atoms with Gasteiger partial charge in [0.1, 0.15) is 0 Å². The van der Waals surface area contributed by atoms with Gasteiger partial charge in [-0.05, 0) is 35.4 Å². The molecule has 2 aromatic rings. The van der Waals surface area contributed by atoms with Crippen LogP contribution in [-0.2, 0) is 22.4 Å². The van der Waals surface area contributed by atoms with E-state index in [9.17, 15) is 14.4 Å². The Bertz CT molecular complexity index is 1180. The highest BCUT2D eigenvalue weighted by Crippen LogP contribution is 2.36. The Morgan fingerprint density at radius 3 is 2.56 bits per heavy atom. The maximum atomic E-state index is 13.6. The second-order valence-electron chi connectivity index (χ2n) is 8.63. The van der Waals surface area contributed by atoms with Gasteiger partial charge in [-0.15, -0.1) is 6.58 Å². The quantitative estimate of drug-likeness (QED) is 0.271. The number of fused-ring (bicyclic) bond motifs is 1. The van der Waals surface area contributed by atoms with E-state index in [-0.39, 0.29) is 26.3 Å². The van der Waals surface area contributed by atoms with Gasteiger partial charge in [0.05, 0.1) is 27.3 Å². The molecule has 0 aromatic heterocycles. The summed E-state index contributed by atoms with van der Waals surface area (Å²) in [7, 11) is 3.16. The number of quaternary nitrogens is 1. The Morgan fingerprint density at radius 2 is 1.81 bits per heavy atom. The van der Waals surface area contributed by atoms with Crippen molar-refractivity contribution >= 4 is 17.8 Å². The first-order valence-corrected chi connectivity index (χ1v) is 11.6. The van der Waals surface area contributed by atoms with Crippen molar-refractivity contribution in [3.05, 3.63) is 60.2 Å². The summed E-state index contributed by atoms with van der Waals surface area (Å²) in [5.41, 5.74) is 0.267. The summed E-state index contributed by atoms with van der Waals surface area (Å²) in [4.78, 5) is 40.3. The molecule has 0 radical (unpaired) electrons. The first kappa shape index (κ1) is 25.1. The second kappa shape index (κ2) is 10.7. The van der Waals surface area contributed by atoms with E-state index in [0.29, 0.717) is 36.0 Å². The number of carbonyl (C=O) groups is 3. The van der Waals surface area contributed by atoms with Crippen LogP contribution in [0.5, 0.6) is 23.0 Å². The van der Waals surface area contributed by atoms with E-state index in [0.717, 1.165) is 16.0 Å². The zero-order chi connectivity index (χ0) is 25.7. The molecule has 190 valence electrons. The van der Waals surface area contributed by atoms with Crippen LogP contribution < -0.4 is 29.6 Å². The van der Waals surface area contributed by atoms with Crippen molar-refractivity contribution in [2.24, 2.45) is 5.41 Å². The molecule has 2 aliphatic heterocycles. The minimum atomic E-state index is -1.48. The van der Waals surface area contributed by atoms with Gasteiger partial charge >= 0.3 is 6.03 Å². The number of nitrogens with one attached hydrogen (secondary N) is 1. The van der Waals surface area contributed by atoms with Crippen LogP contribution in [0.3, 0.4) is 0 Å². The lowest BCUT2D eigenvalue weighted by atomic mass is 9.77. The fourth-order valence-electron chi connectivity index (χ4n) is 4.49. The molecule has 36 heavy (non-hydrogen) atoms. The molecule has 2 aromatic carbocycles. The van der Waals surface area contributed by atoms with Crippen LogP contribution in [0.15, 0.2) is 49.1 Å². The third-order valence-electron chi connectivity index (χ3n) is 6.39. The van der Waals surface area contributed by atoms with E-state index in [1.54, 1.807) is 32.4 Å². The van der Waals surface area contributed by atoms with E-state index in [1.807, 2.05) is 23.5 Å². The number of imide groups is 2. The van der Waals surface area contributed by atoms with Crippen molar-refractivity contribution in [1.82, 2.24) is 10.2 Å². The summed E-state index contributed by atoms with van der Waals surface area (Å²) in [6.45, 7) is 4.52. The van der Waals surface area contributed by atoms with E-state index >= 15 is 0 Å². The Hall–Kier alpha value is -4.05. The summed E-state index contributed by atoms with van der Waals surface area (Å²) in [5, 5.41) is 4.29. The molecule has 0 unspecified atom stereocenters. The molecule has 0 bridgehead atoms. The Kier molecular flexibility index (Phi) is 7.44. The molecular formula is C26H30N3O7+. The highest BCUT2D eigenvalue weighted by molar-refractivity contribution is 6.19. The van der Waals surface area contributed by atoms with Crippen LogP contribution in [0.1, 0.15) is 11.1 Å². The predicted octanol–water partition coefficient (Wildman–Crippen LogP) is 1.03. The lowest BCUT2D eigenvalue weighted by Gasteiger charge is -2.38. The zero-order valence-electron chi connectivity index (χ0n) is 20.4. The number of benzene rings is 2. The number of carbonyl (C=O) groups excluding carboxylic acids is 3. The molecule has 2 aliphatic rings. The van der Waals surface area contributed by atoms with Crippen LogP contribution >= 0.6 is 0 Å². The fraction of sp³-hybridized carbons (Fsp3) is 0.346. The second-order valence-corrected chi connectivity index (χ2v) is 8.63. The number of amides is 4. The Labute approximate surface area is 209 Å². The maximum absolute atomic E-state index is 13.6. The number of methoxy groups -OCH3 is 2. The van der Waals surface area contributed by atoms with E-state index in [4.69, 9.17) is 18.9 Å². The predicted molar refractivity (Wildman–Crippen MR) is 129 cm³/mol. The first-order valence-electron chi connectivity index (χ1n) is 11.6. The topological polar surface area (TPSA) is 120 Å². The van der Waals surface area contributed by atoms with Gasteiger partial charge in [-0.1, -0.05) is 18.2 Å². The van der Waals surface area contributed by atoms with E-state index in [1.165, 1.54) is 6.08 Å². The van der Waals surface area contributed by atoms with Crippen molar-refractivity contribution in [3.8, 4) is 23.0 Å². The molecule has 3 N–H and O–H groups in total. The molecule has 2 heterocycles. The third-order valence-corrected chi connectivity index (χ3v) is 6.39. The largest absolute Gasteiger partial charge is 0.493 e. The molecule has 1 fully saturated rings. The van der Waals surface area contributed by atoms with Gasteiger partial charge in [0.25, 0.3) is 5.91 Å². The number of rotatable bonds is 11. The van der Waals surface area contributed by atoms with Crippen LogP contribution in [0.4, 0.5) is 4.79 Å². The number of nitrogens with zero attached hydrogens (tertiary/aromatic N) is 1. The van der Waals surface area contributed by atoms with Crippen LogP contribution in [-0.4, -0.2) is 63.4 Å². The molecule has 1 atom stereocenters. The van der Waals surface area contributed by atoms with Crippen LogP contribution in [0.25, 0.3) is 0 Å². The van der Waals surface area contributed by atoms with E-state index in [2.05, 4.69) is 11.9 Å². The number of hydrogen-bond donors (Lipinski definition) is 2. The Morgan fingerprint density at radius 1 is 1.06 bits per heavy atom. The average Bonchev–Trinajstić information content (AvgIpc) is 3.35. The smallest absolute Gasteiger partial charge is 0.331 e. The minimum Gasteiger partial charge on any atom is -0.493 e. The SMILES string of the molecule is C=CCN1C(=O)NC(=O)[C@@](C[NH2+]CCc2ccc(OC)c(OC)c2)(Cc2ccc3c(c2)OCO3)C1=O. The third kappa shape index (κ3) is 4.85. The van der Waals surface area contributed by atoms with Gasteiger partial charge in [-0.3, -0.25) is 19.8 Å². The number of barbiturate groups is 1. The lowest BCUT2D eigenvalue weighted by Crippen LogP contribution is -2.90. The number of urea groups is 1. The van der Waals surface area contributed by atoms with Crippen molar-refractivity contribution in [2.75, 3.05) is 40.6 Å². The van der Waals surface area contributed by atoms with Crippen molar-refractivity contribution < 1.29 is 38.6 Å². The molecule has 10 heteroatoms. The number of nitrogens with two attached hydrogens (primary N) is 1. The molecule has 0 spiro atoms. The van der Waals surface area contributed by atoms with E-state index < -0.39 is 23.3 Å². The fourth-order valence-corrected chi connectivity index (χ4v) is 4.49. The molecule has 10 nitrogen and oxygen atoms in total. The molecule has 0 aliphatic carbocycles. The normalized spacial score (nSPS) is 18.7. The summed E-state index contributed by atoms with van der Waals surface area (Å²) in [6.07, 6.45) is 2.23. The minimum absolute atomic E-state index is 0.00643. The van der Waals surface area contributed by atoms with Gasteiger partial charge < -0.3 is 24.3 Å². The number of ether oxygens (including phenoxy) is 4. The summed E-state index contributed by atoms with van der Waals surface area (Å²) < 4.78 is 21.5. The van der Waals surface area contributed by atoms with Crippen LogP contribution in [0, 0.1) is 5.41 Å². The highest BCUT2D eigenvalue weighted by atomic mass is 16.7. The van der Waals surface area contributed by atoms with Gasteiger partial charge in [-0.2, -0.15) is 0 Å². The monoisotopic (exact) mass is 496 g/mol. The molecule has 4 rings (SSSR count). The Balaban J connectivity index is 1.54. The summed E-state index contributed by atoms with van der Waals surface area (Å²) in [6, 6.07) is 10.3. The molecule has 4 amide bonds. The average molecular weight is 497 g/mol. The van der Waals surface area contributed by atoms with Gasteiger partial charge in [0.15, 0.2) is 28.4 Å². The zero-order valence-corrected chi connectivity index (χ0v) is 20.4.